The number of hydrogen-bond acceptors (Lipinski definition) is 2. The van der Waals surface area contributed by atoms with E-state index in [9.17, 15) is 9.59 Å². The standard InChI is InChI=1S/C24H34N4O2/c1-5-6-14-27(24(30)25-22-12-9-18(2)15-19(22)3)17-23(29)28(20-10-11-20)16-21-8-7-13-26(21)4/h7-9,12-13,15,20H,5-6,10-11,14,16-17H2,1-4H3,(H,25,30). The molecule has 1 aliphatic rings. The number of carbonyl (C=O) groups excluding carboxylic acids is 2. The van der Waals surface area contributed by atoms with Gasteiger partial charge in [-0.2, -0.15) is 0 Å². The van der Waals surface area contributed by atoms with Gasteiger partial charge in [0.05, 0.1) is 6.54 Å². The van der Waals surface area contributed by atoms with Gasteiger partial charge < -0.3 is 19.7 Å². The fraction of sp³-hybridized carbons (Fsp3) is 0.500. The van der Waals surface area contributed by atoms with E-state index in [4.69, 9.17) is 0 Å². The number of urea groups is 1. The van der Waals surface area contributed by atoms with Crippen LogP contribution in [0.15, 0.2) is 36.5 Å². The zero-order valence-corrected chi connectivity index (χ0v) is 18.6. The lowest BCUT2D eigenvalue weighted by molar-refractivity contribution is -0.133. The number of carbonyl (C=O) groups is 2. The molecule has 1 N–H and O–H groups in total. The number of aromatic nitrogens is 1. The Morgan fingerprint density at radius 3 is 2.57 bits per heavy atom. The van der Waals surface area contributed by atoms with Crippen molar-refractivity contribution in [2.75, 3.05) is 18.4 Å². The predicted octanol–water partition coefficient (Wildman–Crippen LogP) is 4.47. The topological polar surface area (TPSA) is 57.6 Å². The van der Waals surface area contributed by atoms with Gasteiger partial charge in [0, 0.05) is 37.2 Å². The first-order chi connectivity index (χ1) is 14.4. The maximum atomic E-state index is 13.2. The summed E-state index contributed by atoms with van der Waals surface area (Å²) in [7, 11) is 2.00. The van der Waals surface area contributed by atoms with Crippen LogP contribution in [0.25, 0.3) is 0 Å². The molecule has 3 rings (SSSR count). The molecule has 0 unspecified atom stereocenters. The molecule has 1 aliphatic carbocycles. The maximum absolute atomic E-state index is 13.2. The molecule has 1 heterocycles. The van der Waals surface area contributed by atoms with Gasteiger partial charge in [0.15, 0.2) is 0 Å². The summed E-state index contributed by atoms with van der Waals surface area (Å²) < 4.78 is 2.05. The lowest BCUT2D eigenvalue weighted by atomic mass is 10.1. The Hall–Kier alpha value is -2.76. The van der Waals surface area contributed by atoms with Gasteiger partial charge in [-0.25, -0.2) is 4.79 Å². The second kappa shape index (κ2) is 9.83. The third kappa shape index (κ3) is 5.65. The SMILES string of the molecule is CCCCN(CC(=O)N(Cc1cccn1C)C1CC1)C(=O)Nc1ccc(C)cc1C. The van der Waals surface area contributed by atoms with Crippen molar-refractivity contribution in [3.8, 4) is 0 Å². The number of anilines is 1. The van der Waals surface area contributed by atoms with Crippen molar-refractivity contribution in [3.63, 3.8) is 0 Å². The molecule has 30 heavy (non-hydrogen) atoms. The number of unbranched alkanes of at least 4 members (excludes halogenated alkanes) is 1. The van der Waals surface area contributed by atoms with Crippen molar-refractivity contribution in [1.29, 1.82) is 0 Å². The van der Waals surface area contributed by atoms with Crippen molar-refractivity contribution in [2.45, 2.75) is 59.0 Å². The monoisotopic (exact) mass is 410 g/mol. The minimum Gasteiger partial charge on any atom is -0.353 e. The molecule has 0 spiro atoms. The average molecular weight is 411 g/mol. The first-order valence-corrected chi connectivity index (χ1v) is 10.9. The summed E-state index contributed by atoms with van der Waals surface area (Å²) >= 11 is 0. The highest BCUT2D eigenvalue weighted by Crippen LogP contribution is 2.28. The third-order valence-electron chi connectivity index (χ3n) is 5.71. The predicted molar refractivity (Wildman–Crippen MR) is 120 cm³/mol. The van der Waals surface area contributed by atoms with Gasteiger partial charge in [0.1, 0.15) is 6.54 Å². The number of aryl methyl sites for hydroxylation is 3. The molecule has 6 heteroatoms. The van der Waals surface area contributed by atoms with Crippen LogP contribution in [-0.2, 0) is 18.4 Å². The molecule has 3 amide bonds. The molecule has 2 aromatic rings. The molecule has 162 valence electrons. The highest BCUT2D eigenvalue weighted by molar-refractivity contribution is 5.93. The summed E-state index contributed by atoms with van der Waals surface area (Å²) in [5.41, 5.74) is 4.08. The number of rotatable bonds is 9. The quantitative estimate of drug-likeness (QED) is 0.663. The van der Waals surface area contributed by atoms with E-state index < -0.39 is 0 Å². The number of nitrogens with zero attached hydrogens (tertiary/aromatic N) is 3. The van der Waals surface area contributed by atoms with Gasteiger partial charge >= 0.3 is 6.03 Å². The van der Waals surface area contributed by atoms with E-state index in [1.54, 1.807) is 4.90 Å². The fourth-order valence-corrected chi connectivity index (χ4v) is 3.65. The van der Waals surface area contributed by atoms with Crippen molar-refractivity contribution in [1.82, 2.24) is 14.4 Å². The Bertz CT molecular complexity index is 885. The molecular formula is C24H34N4O2. The van der Waals surface area contributed by atoms with E-state index in [1.807, 2.05) is 66.9 Å². The largest absolute Gasteiger partial charge is 0.353 e. The van der Waals surface area contributed by atoms with Crippen LogP contribution >= 0.6 is 0 Å². The van der Waals surface area contributed by atoms with E-state index in [0.717, 1.165) is 48.2 Å². The summed E-state index contributed by atoms with van der Waals surface area (Å²) in [6.45, 7) is 7.38. The average Bonchev–Trinajstić information content (AvgIpc) is 3.47. The van der Waals surface area contributed by atoms with Crippen molar-refractivity contribution in [2.24, 2.45) is 7.05 Å². The van der Waals surface area contributed by atoms with Crippen molar-refractivity contribution >= 4 is 17.6 Å². The lowest BCUT2D eigenvalue weighted by Crippen LogP contribution is -2.45. The normalized spacial score (nSPS) is 13.2. The van der Waals surface area contributed by atoms with Crippen molar-refractivity contribution in [3.05, 3.63) is 53.3 Å². The van der Waals surface area contributed by atoms with E-state index in [-0.39, 0.29) is 18.5 Å². The van der Waals surface area contributed by atoms with Gasteiger partial charge in [-0.05, 0) is 56.9 Å². The van der Waals surface area contributed by atoms with Crippen LogP contribution in [0.3, 0.4) is 0 Å². The zero-order chi connectivity index (χ0) is 21.7. The molecule has 1 saturated carbocycles. The fourth-order valence-electron chi connectivity index (χ4n) is 3.65. The van der Waals surface area contributed by atoms with Crippen LogP contribution in [-0.4, -0.2) is 45.4 Å². The molecule has 1 fully saturated rings. The Balaban J connectivity index is 1.69. The van der Waals surface area contributed by atoms with Crippen LogP contribution in [0.4, 0.5) is 10.5 Å². The molecule has 0 saturated heterocycles. The van der Waals surface area contributed by atoms with E-state index >= 15 is 0 Å². The second-order valence-electron chi connectivity index (χ2n) is 8.39. The Morgan fingerprint density at radius 1 is 1.20 bits per heavy atom. The number of benzene rings is 1. The van der Waals surface area contributed by atoms with Crippen molar-refractivity contribution < 1.29 is 9.59 Å². The minimum atomic E-state index is -0.210. The highest BCUT2D eigenvalue weighted by Gasteiger charge is 2.34. The molecule has 6 nitrogen and oxygen atoms in total. The molecule has 0 atom stereocenters. The van der Waals surface area contributed by atoms with Crippen LogP contribution in [0.5, 0.6) is 0 Å². The third-order valence-corrected chi connectivity index (χ3v) is 5.71. The smallest absolute Gasteiger partial charge is 0.322 e. The van der Waals surface area contributed by atoms with Crippen LogP contribution in [0, 0.1) is 13.8 Å². The number of hydrogen-bond donors (Lipinski definition) is 1. The van der Waals surface area contributed by atoms with Gasteiger partial charge in [-0.3, -0.25) is 4.79 Å². The van der Waals surface area contributed by atoms with Gasteiger partial charge in [-0.15, -0.1) is 0 Å². The summed E-state index contributed by atoms with van der Waals surface area (Å²) in [5, 5.41) is 3.00. The maximum Gasteiger partial charge on any atom is 0.322 e. The molecule has 1 aromatic heterocycles. The van der Waals surface area contributed by atoms with Crippen LogP contribution in [0.2, 0.25) is 0 Å². The molecule has 1 aromatic carbocycles. The van der Waals surface area contributed by atoms with E-state index in [0.29, 0.717) is 19.1 Å². The molecule has 0 radical (unpaired) electrons. The van der Waals surface area contributed by atoms with Gasteiger partial charge in [-0.1, -0.05) is 31.0 Å². The summed E-state index contributed by atoms with van der Waals surface area (Å²) in [4.78, 5) is 29.8. The molecule has 0 bridgehead atoms. The summed E-state index contributed by atoms with van der Waals surface area (Å²) in [6, 6.07) is 10.1. The zero-order valence-electron chi connectivity index (χ0n) is 18.6. The summed E-state index contributed by atoms with van der Waals surface area (Å²) in [5.74, 6) is 0.0191. The van der Waals surface area contributed by atoms with E-state index in [1.165, 1.54) is 0 Å². The summed E-state index contributed by atoms with van der Waals surface area (Å²) in [6.07, 6.45) is 5.92. The van der Waals surface area contributed by atoms with Crippen LogP contribution < -0.4 is 5.32 Å². The van der Waals surface area contributed by atoms with E-state index in [2.05, 4.69) is 12.2 Å². The molecule has 0 aliphatic heterocycles. The number of nitrogens with one attached hydrogen (secondary N) is 1. The first-order valence-electron chi connectivity index (χ1n) is 10.9. The Morgan fingerprint density at radius 2 is 1.97 bits per heavy atom. The highest BCUT2D eigenvalue weighted by atomic mass is 16.2. The Labute approximate surface area is 179 Å². The van der Waals surface area contributed by atoms with Gasteiger partial charge in [0.25, 0.3) is 0 Å². The lowest BCUT2D eigenvalue weighted by Gasteiger charge is -2.28. The number of amides is 3. The van der Waals surface area contributed by atoms with Gasteiger partial charge in [0.2, 0.25) is 5.91 Å². The Kier molecular flexibility index (Phi) is 7.19. The minimum absolute atomic E-state index is 0.0191. The van der Waals surface area contributed by atoms with Crippen LogP contribution in [0.1, 0.15) is 49.4 Å². The second-order valence-corrected chi connectivity index (χ2v) is 8.39. The first kappa shape index (κ1) is 21.9. The molecular weight excluding hydrogens is 376 g/mol.